The highest BCUT2D eigenvalue weighted by Gasteiger charge is 2.31. The Bertz CT molecular complexity index is 399. The quantitative estimate of drug-likeness (QED) is 0.921. The van der Waals surface area contributed by atoms with Crippen molar-refractivity contribution < 1.29 is 5.11 Å². The molecular formula is C12H22BrN3O. The predicted molar refractivity (Wildman–Crippen MR) is 73.1 cm³/mol. The minimum Gasteiger partial charge on any atom is -0.391 e. The van der Waals surface area contributed by atoms with Gasteiger partial charge in [-0.25, -0.2) is 0 Å². The molecule has 17 heavy (non-hydrogen) atoms. The molecule has 1 atom stereocenters. The summed E-state index contributed by atoms with van der Waals surface area (Å²) in [6.07, 6.45) is 0.145. The predicted octanol–water partition coefficient (Wildman–Crippen LogP) is 1.73. The van der Waals surface area contributed by atoms with Crippen molar-refractivity contribution in [3.63, 3.8) is 0 Å². The van der Waals surface area contributed by atoms with Crippen LogP contribution < -0.4 is 0 Å². The third-order valence-electron chi connectivity index (χ3n) is 3.62. The number of rotatable bonds is 4. The second-order valence-corrected chi connectivity index (χ2v) is 6.03. The zero-order valence-corrected chi connectivity index (χ0v) is 13.0. The number of likely N-dealkylation sites (N-methyl/N-ethyl adjacent to an activating group) is 1. The highest BCUT2D eigenvalue weighted by Crippen LogP contribution is 2.25. The van der Waals surface area contributed by atoms with E-state index in [2.05, 4.69) is 21.0 Å². The lowest BCUT2D eigenvalue weighted by Crippen LogP contribution is -2.49. The molecular weight excluding hydrogens is 282 g/mol. The summed E-state index contributed by atoms with van der Waals surface area (Å²) in [6.45, 7) is 6.03. The van der Waals surface area contributed by atoms with Crippen LogP contribution in [0.1, 0.15) is 25.2 Å². The molecule has 0 bridgehead atoms. The maximum Gasteiger partial charge on any atom is 0.0773 e. The van der Waals surface area contributed by atoms with Gasteiger partial charge in [-0.3, -0.25) is 4.68 Å². The van der Waals surface area contributed by atoms with Crippen molar-refractivity contribution in [3.05, 3.63) is 15.9 Å². The van der Waals surface area contributed by atoms with E-state index in [-0.39, 0.29) is 5.54 Å². The van der Waals surface area contributed by atoms with Crippen molar-refractivity contribution in [3.8, 4) is 0 Å². The van der Waals surface area contributed by atoms with Gasteiger partial charge in [0.25, 0.3) is 0 Å². The van der Waals surface area contributed by atoms with Crippen LogP contribution in [0, 0.1) is 6.92 Å². The maximum atomic E-state index is 10.4. The number of hydrogen-bond acceptors (Lipinski definition) is 3. The number of halogens is 1. The fourth-order valence-electron chi connectivity index (χ4n) is 1.63. The van der Waals surface area contributed by atoms with Gasteiger partial charge in [-0.2, -0.15) is 5.10 Å². The van der Waals surface area contributed by atoms with Crippen LogP contribution in [0.15, 0.2) is 4.47 Å². The summed E-state index contributed by atoms with van der Waals surface area (Å²) < 4.78 is 2.82. The molecule has 1 unspecified atom stereocenters. The molecule has 0 aliphatic carbocycles. The lowest BCUT2D eigenvalue weighted by molar-refractivity contribution is 0.0170. The number of hydrogen-bond donors (Lipinski definition) is 1. The second-order valence-electron chi connectivity index (χ2n) is 5.24. The Hall–Kier alpha value is -0.390. The van der Waals surface area contributed by atoms with Gasteiger partial charge in [0.2, 0.25) is 0 Å². The van der Waals surface area contributed by atoms with E-state index in [1.54, 1.807) is 0 Å². The molecule has 1 rings (SSSR count). The van der Waals surface area contributed by atoms with Gasteiger partial charge in [0.1, 0.15) is 0 Å². The Morgan fingerprint density at radius 3 is 2.35 bits per heavy atom. The fourth-order valence-corrected chi connectivity index (χ4v) is 2.13. The van der Waals surface area contributed by atoms with Gasteiger partial charge in [0, 0.05) is 19.0 Å². The Kier molecular flexibility index (Phi) is 4.38. The van der Waals surface area contributed by atoms with Crippen LogP contribution in [-0.2, 0) is 13.5 Å². The molecule has 0 saturated heterocycles. The number of aliphatic hydroxyl groups is 1. The fraction of sp³-hybridized carbons (Fsp3) is 0.750. The van der Waals surface area contributed by atoms with Gasteiger partial charge in [0.15, 0.2) is 0 Å². The van der Waals surface area contributed by atoms with E-state index >= 15 is 0 Å². The molecule has 0 amide bonds. The molecule has 4 nitrogen and oxygen atoms in total. The van der Waals surface area contributed by atoms with Crippen LogP contribution in [-0.4, -0.2) is 45.5 Å². The van der Waals surface area contributed by atoms with Crippen molar-refractivity contribution >= 4 is 15.9 Å². The van der Waals surface area contributed by atoms with Crippen molar-refractivity contribution in [2.75, 3.05) is 14.1 Å². The molecule has 1 heterocycles. The third kappa shape index (κ3) is 2.89. The van der Waals surface area contributed by atoms with E-state index < -0.39 is 6.10 Å². The minimum absolute atomic E-state index is 0.266. The topological polar surface area (TPSA) is 41.3 Å². The third-order valence-corrected chi connectivity index (χ3v) is 4.65. The Labute approximate surface area is 112 Å². The minimum atomic E-state index is -0.441. The van der Waals surface area contributed by atoms with Gasteiger partial charge in [0.05, 0.1) is 22.0 Å². The Morgan fingerprint density at radius 2 is 2.00 bits per heavy atom. The number of nitrogens with zero attached hydrogens (tertiary/aromatic N) is 3. The van der Waals surface area contributed by atoms with Gasteiger partial charge in [-0.15, -0.1) is 0 Å². The van der Waals surface area contributed by atoms with E-state index in [0.717, 1.165) is 15.9 Å². The molecule has 0 radical (unpaired) electrons. The summed E-state index contributed by atoms with van der Waals surface area (Å²) in [5.74, 6) is 0. The number of aryl methyl sites for hydroxylation is 2. The zero-order valence-electron chi connectivity index (χ0n) is 11.5. The summed E-state index contributed by atoms with van der Waals surface area (Å²) in [5.41, 5.74) is 1.72. The van der Waals surface area contributed by atoms with Crippen LogP contribution in [0.3, 0.4) is 0 Å². The molecule has 5 heteroatoms. The average molecular weight is 304 g/mol. The van der Waals surface area contributed by atoms with E-state index in [4.69, 9.17) is 0 Å². The lowest BCUT2D eigenvalue weighted by atomic mass is 9.92. The first-order valence-electron chi connectivity index (χ1n) is 5.71. The van der Waals surface area contributed by atoms with Crippen LogP contribution in [0.5, 0.6) is 0 Å². The molecule has 98 valence electrons. The van der Waals surface area contributed by atoms with Crippen molar-refractivity contribution in [1.29, 1.82) is 0 Å². The molecule has 0 aromatic carbocycles. The van der Waals surface area contributed by atoms with Crippen LogP contribution in [0.25, 0.3) is 0 Å². The molecule has 0 fully saturated rings. The van der Waals surface area contributed by atoms with Crippen molar-refractivity contribution in [1.82, 2.24) is 14.7 Å². The van der Waals surface area contributed by atoms with E-state index in [1.165, 1.54) is 0 Å². The summed E-state index contributed by atoms with van der Waals surface area (Å²) in [7, 11) is 5.86. The standard InChI is InChI=1S/C12H22BrN3O/c1-8-11(13)9(16(6)14-8)7-10(17)12(2,3)15(4)5/h10,17H,7H2,1-6H3. The zero-order chi connectivity index (χ0) is 13.4. The SMILES string of the molecule is Cc1nn(C)c(CC(O)C(C)(C)N(C)C)c1Br. The van der Waals surface area contributed by atoms with E-state index in [0.29, 0.717) is 6.42 Å². The van der Waals surface area contributed by atoms with E-state index in [1.807, 2.05) is 51.5 Å². The van der Waals surface area contributed by atoms with Crippen LogP contribution >= 0.6 is 15.9 Å². The largest absolute Gasteiger partial charge is 0.391 e. The van der Waals surface area contributed by atoms with Gasteiger partial charge >= 0.3 is 0 Å². The van der Waals surface area contributed by atoms with Gasteiger partial charge in [-0.05, 0) is 50.8 Å². The smallest absolute Gasteiger partial charge is 0.0773 e. The lowest BCUT2D eigenvalue weighted by Gasteiger charge is -2.37. The monoisotopic (exact) mass is 303 g/mol. The van der Waals surface area contributed by atoms with Crippen LogP contribution in [0.4, 0.5) is 0 Å². The summed E-state index contributed by atoms with van der Waals surface area (Å²) in [4.78, 5) is 2.04. The first-order valence-corrected chi connectivity index (χ1v) is 6.50. The van der Waals surface area contributed by atoms with Gasteiger partial charge < -0.3 is 10.0 Å². The van der Waals surface area contributed by atoms with Gasteiger partial charge in [-0.1, -0.05) is 0 Å². The first-order chi connectivity index (χ1) is 7.67. The second kappa shape index (κ2) is 5.08. The summed E-state index contributed by atoms with van der Waals surface area (Å²) >= 11 is 3.53. The van der Waals surface area contributed by atoms with Crippen LogP contribution in [0.2, 0.25) is 0 Å². The maximum absolute atomic E-state index is 10.4. The molecule has 0 saturated carbocycles. The molecule has 0 aliphatic rings. The summed E-state index contributed by atoms with van der Waals surface area (Å²) in [6, 6.07) is 0. The highest BCUT2D eigenvalue weighted by atomic mass is 79.9. The Morgan fingerprint density at radius 1 is 1.47 bits per heavy atom. The Balaban J connectivity index is 2.92. The molecule has 0 spiro atoms. The summed E-state index contributed by atoms with van der Waals surface area (Å²) in [5, 5.41) is 14.7. The first kappa shape index (κ1) is 14.7. The molecule has 1 N–H and O–H groups in total. The normalized spacial score (nSPS) is 14.4. The number of aromatic nitrogens is 2. The molecule has 1 aromatic rings. The number of aliphatic hydroxyl groups excluding tert-OH is 1. The average Bonchev–Trinajstić information content (AvgIpc) is 2.44. The van der Waals surface area contributed by atoms with Crippen molar-refractivity contribution in [2.24, 2.45) is 7.05 Å². The molecule has 1 aromatic heterocycles. The van der Waals surface area contributed by atoms with Crippen molar-refractivity contribution in [2.45, 2.75) is 38.8 Å². The van der Waals surface area contributed by atoms with E-state index in [9.17, 15) is 5.11 Å². The highest BCUT2D eigenvalue weighted by molar-refractivity contribution is 9.10. The molecule has 0 aliphatic heterocycles.